The fourth-order valence-corrected chi connectivity index (χ4v) is 4.82. The van der Waals surface area contributed by atoms with Crippen LogP contribution in [0.5, 0.6) is 5.75 Å². The van der Waals surface area contributed by atoms with E-state index in [1.807, 2.05) is 4.90 Å². The largest absolute Gasteiger partial charge is 0.507 e. The van der Waals surface area contributed by atoms with Crippen molar-refractivity contribution < 1.29 is 19.0 Å². The van der Waals surface area contributed by atoms with Gasteiger partial charge in [0.25, 0.3) is 0 Å². The van der Waals surface area contributed by atoms with Crippen molar-refractivity contribution in [3.8, 4) is 34.2 Å². The Morgan fingerprint density at radius 1 is 1.13 bits per heavy atom. The quantitative estimate of drug-likeness (QED) is 0.359. The molecule has 1 saturated heterocycles. The number of nitriles is 1. The predicted molar refractivity (Wildman–Crippen MR) is 140 cm³/mol. The molecule has 2 aromatic carbocycles. The highest BCUT2D eigenvalue weighted by atomic mass is 19.1. The second kappa shape index (κ2) is 9.67. The zero-order valence-corrected chi connectivity index (χ0v) is 21.1. The van der Waals surface area contributed by atoms with Crippen LogP contribution in [-0.4, -0.2) is 49.7 Å². The van der Waals surface area contributed by atoms with E-state index in [0.717, 1.165) is 18.9 Å². The van der Waals surface area contributed by atoms with Crippen LogP contribution in [0.25, 0.3) is 33.3 Å². The van der Waals surface area contributed by atoms with Gasteiger partial charge in [-0.1, -0.05) is 6.07 Å². The Morgan fingerprint density at radius 3 is 2.53 bits per heavy atom. The Kier molecular flexibility index (Phi) is 6.51. The number of aromatic hydroxyl groups is 1. The van der Waals surface area contributed by atoms with E-state index in [1.54, 1.807) is 30.7 Å². The number of nitrogens with zero attached hydrogens (tertiary/aromatic N) is 5. The number of fused-ring (bicyclic) bond motifs is 1. The Bertz CT molecular complexity index is 1560. The topological polar surface area (TPSA) is 124 Å². The lowest BCUT2D eigenvalue weighted by molar-refractivity contribution is 0.0591. The molecular formula is C28H28F2N6O2. The van der Waals surface area contributed by atoms with Gasteiger partial charge in [0.1, 0.15) is 29.3 Å². The van der Waals surface area contributed by atoms with Crippen LogP contribution < -0.4 is 10.6 Å². The highest BCUT2D eigenvalue weighted by molar-refractivity contribution is 5.92. The highest BCUT2D eigenvalue weighted by Crippen LogP contribution is 2.42. The highest BCUT2D eigenvalue weighted by Gasteiger charge is 2.25. The van der Waals surface area contributed by atoms with Gasteiger partial charge in [0, 0.05) is 41.7 Å². The van der Waals surface area contributed by atoms with Gasteiger partial charge in [0.05, 0.1) is 40.7 Å². The lowest BCUT2D eigenvalue weighted by Crippen LogP contribution is -2.40. The summed E-state index contributed by atoms with van der Waals surface area (Å²) in [4.78, 5) is 6.74. The molecule has 0 unspecified atom stereocenters. The van der Waals surface area contributed by atoms with E-state index in [4.69, 9.17) is 10.7 Å². The third-order valence-electron chi connectivity index (χ3n) is 6.75. The molecule has 0 spiro atoms. The van der Waals surface area contributed by atoms with Gasteiger partial charge in [-0.25, -0.2) is 13.8 Å². The molecule has 0 radical (unpaired) electrons. The Hall–Kier alpha value is -4.07. The second-order valence-corrected chi connectivity index (χ2v) is 10.4. The monoisotopic (exact) mass is 518 g/mol. The van der Waals surface area contributed by atoms with Crippen molar-refractivity contribution in [1.29, 1.82) is 5.26 Å². The van der Waals surface area contributed by atoms with Gasteiger partial charge in [-0.2, -0.15) is 10.4 Å². The average molecular weight is 519 g/mol. The molecule has 8 nitrogen and oxygen atoms in total. The van der Waals surface area contributed by atoms with Crippen molar-refractivity contribution in [2.24, 2.45) is 5.73 Å². The summed E-state index contributed by atoms with van der Waals surface area (Å²) in [6.07, 6.45) is 3.01. The summed E-state index contributed by atoms with van der Waals surface area (Å²) in [5.41, 5.74) is 5.98. The molecule has 4 N–H and O–H groups in total. The van der Waals surface area contributed by atoms with Crippen molar-refractivity contribution in [2.75, 3.05) is 18.0 Å². The fraction of sp³-hybridized carbons (Fsp3) is 0.321. The van der Waals surface area contributed by atoms with E-state index in [1.165, 1.54) is 30.5 Å². The number of hydrogen-bond acceptors (Lipinski definition) is 7. The molecule has 1 aliphatic rings. The summed E-state index contributed by atoms with van der Waals surface area (Å²) >= 11 is 0. The first-order valence-electron chi connectivity index (χ1n) is 12.4. The van der Waals surface area contributed by atoms with Crippen LogP contribution in [0.3, 0.4) is 0 Å². The van der Waals surface area contributed by atoms with Crippen LogP contribution >= 0.6 is 0 Å². The Morgan fingerprint density at radius 2 is 1.87 bits per heavy atom. The predicted octanol–water partition coefficient (Wildman–Crippen LogP) is 4.32. The maximum atomic E-state index is 15.6. The van der Waals surface area contributed by atoms with Crippen LogP contribution in [0, 0.1) is 23.0 Å². The molecule has 0 bridgehead atoms. The molecule has 38 heavy (non-hydrogen) atoms. The second-order valence-electron chi connectivity index (χ2n) is 10.4. The van der Waals surface area contributed by atoms with Crippen molar-refractivity contribution in [2.45, 2.75) is 44.9 Å². The fourth-order valence-electron chi connectivity index (χ4n) is 4.82. The third kappa shape index (κ3) is 4.90. The summed E-state index contributed by atoms with van der Waals surface area (Å²) in [5.74, 6) is -1.13. The summed E-state index contributed by atoms with van der Waals surface area (Å²) < 4.78 is 31.8. The van der Waals surface area contributed by atoms with E-state index in [9.17, 15) is 19.9 Å². The first-order chi connectivity index (χ1) is 18.0. The van der Waals surface area contributed by atoms with E-state index in [2.05, 4.69) is 5.10 Å². The minimum absolute atomic E-state index is 0.0481. The zero-order valence-electron chi connectivity index (χ0n) is 21.1. The number of anilines is 1. The number of rotatable bonds is 5. The number of piperidine rings is 1. The van der Waals surface area contributed by atoms with E-state index in [-0.39, 0.29) is 46.3 Å². The van der Waals surface area contributed by atoms with Gasteiger partial charge in [0.2, 0.25) is 0 Å². The van der Waals surface area contributed by atoms with Crippen LogP contribution in [-0.2, 0) is 6.54 Å². The number of pyridine rings is 1. The number of aromatic nitrogens is 3. The van der Waals surface area contributed by atoms with Crippen molar-refractivity contribution in [1.82, 2.24) is 14.8 Å². The summed E-state index contributed by atoms with van der Waals surface area (Å²) in [6, 6.07) is 10.2. The number of benzene rings is 2. The van der Waals surface area contributed by atoms with E-state index < -0.39 is 17.2 Å². The number of halogens is 2. The first kappa shape index (κ1) is 25.6. The van der Waals surface area contributed by atoms with Crippen molar-refractivity contribution in [3.05, 3.63) is 59.8 Å². The molecule has 10 heteroatoms. The molecule has 0 amide bonds. The number of hydrogen-bond donors (Lipinski definition) is 3. The maximum absolute atomic E-state index is 15.6. The van der Waals surface area contributed by atoms with Gasteiger partial charge >= 0.3 is 0 Å². The third-order valence-corrected chi connectivity index (χ3v) is 6.75. The van der Waals surface area contributed by atoms with Gasteiger partial charge in [-0.3, -0.25) is 4.68 Å². The van der Waals surface area contributed by atoms with Gasteiger partial charge in [-0.15, -0.1) is 0 Å². The minimum atomic E-state index is -1.07. The molecule has 4 aromatic rings. The zero-order chi connectivity index (χ0) is 27.2. The minimum Gasteiger partial charge on any atom is -0.507 e. The van der Waals surface area contributed by atoms with Crippen LogP contribution in [0.4, 0.5) is 14.6 Å². The van der Waals surface area contributed by atoms with Gasteiger partial charge in [0.15, 0.2) is 0 Å². The lowest BCUT2D eigenvalue weighted by atomic mass is 9.96. The number of aliphatic hydroxyl groups is 1. The van der Waals surface area contributed by atoms with Crippen LogP contribution in [0.2, 0.25) is 0 Å². The molecule has 5 rings (SSSR count). The molecule has 1 fully saturated rings. The molecule has 196 valence electrons. The Balaban J connectivity index is 1.72. The normalized spacial score (nSPS) is 14.7. The molecule has 0 saturated carbocycles. The summed E-state index contributed by atoms with van der Waals surface area (Å²) in [5, 5.41) is 35.6. The Labute approximate surface area is 218 Å². The van der Waals surface area contributed by atoms with Crippen molar-refractivity contribution in [3.63, 3.8) is 0 Å². The number of nitrogens with two attached hydrogens (primary N) is 1. The summed E-state index contributed by atoms with van der Waals surface area (Å²) in [6.45, 7) is 4.71. The van der Waals surface area contributed by atoms with E-state index >= 15 is 4.39 Å². The molecule has 0 atom stereocenters. The SMILES string of the molecule is CC(C)(O)Cn1ncc2cc(F)c(-c3c(O)cc(N4CCC(N)CC4)nc3-c3ccc(C#N)c(F)c3)cc21. The molecule has 1 aliphatic heterocycles. The van der Waals surface area contributed by atoms with Gasteiger partial charge < -0.3 is 20.8 Å². The van der Waals surface area contributed by atoms with E-state index in [0.29, 0.717) is 29.8 Å². The first-order valence-corrected chi connectivity index (χ1v) is 12.4. The standard InChI is InChI=1S/C28H28F2N6O2/c1-28(2,38)15-36-23-11-20(22(30)10-18(23)14-33-36)26-24(37)12-25(35-7-5-19(32)6-8-35)34-27(26)16-3-4-17(13-31)21(29)9-16/h3-4,9-12,14,19,38H,5-8,15,32H2,1-2H3,(H,34,37). The molecular weight excluding hydrogens is 490 g/mol. The van der Waals surface area contributed by atoms with Crippen molar-refractivity contribution >= 4 is 16.7 Å². The molecule has 3 heterocycles. The smallest absolute Gasteiger partial charge is 0.141 e. The average Bonchev–Trinajstić information content (AvgIpc) is 3.23. The molecule has 2 aromatic heterocycles. The molecule has 0 aliphatic carbocycles. The lowest BCUT2D eigenvalue weighted by Gasteiger charge is -2.31. The van der Waals surface area contributed by atoms with Crippen LogP contribution in [0.1, 0.15) is 32.3 Å². The summed E-state index contributed by atoms with van der Waals surface area (Å²) in [7, 11) is 0. The van der Waals surface area contributed by atoms with Gasteiger partial charge in [-0.05, 0) is 51.0 Å². The maximum Gasteiger partial charge on any atom is 0.141 e. The van der Waals surface area contributed by atoms with Crippen LogP contribution in [0.15, 0.2) is 42.6 Å².